The zero-order chi connectivity index (χ0) is 23.5. The van der Waals surface area contributed by atoms with Crippen LogP contribution in [0, 0.1) is 17.4 Å². The molecule has 2 atom stereocenters. The normalized spacial score (nSPS) is 14.1. The van der Waals surface area contributed by atoms with Crippen LogP contribution >= 0.6 is 7.37 Å². The smallest absolute Gasteiger partial charge is 0.305 e. The van der Waals surface area contributed by atoms with E-state index in [1.807, 2.05) is 42.6 Å². The van der Waals surface area contributed by atoms with Gasteiger partial charge in [-0.05, 0) is 59.1 Å². The highest BCUT2D eigenvalue weighted by molar-refractivity contribution is 7.64. The van der Waals surface area contributed by atoms with E-state index in [1.54, 1.807) is 12.1 Å². The third kappa shape index (κ3) is 5.11. The predicted molar refractivity (Wildman–Crippen MR) is 122 cm³/mol. The van der Waals surface area contributed by atoms with Crippen molar-refractivity contribution in [2.24, 2.45) is 0 Å². The van der Waals surface area contributed by atoms with Crippen molar-refractivity contribution in [3.05, 3.63) is 65.6 Å². The van der Waals surface area contributed by atoms with E-state index in [0.29, 0.717) is 5.56 Å². The summed E-state index contributed by atoms with van der Waals surface area (Å²) in [6.07, 6.45) is -0.401. The second kappa shape index (κ2) is 9.70. The Morgan fingerprint density at radius 1 is 1.22 bits per heavy atom. The Morgan fingerprint density at radius 2 is 1.91 bits per heavy atom. The number of fused-ring (bicyclic) bond motifs is 1. The second-order valence-corrected chi connectivity index (χ2v) is 10.1. The van der Waals surface area contributed by atoms with Gasteiger partial charge in [0.05, 0.1) is 35.5 Å². The molecule has 6 nitrogen and oxygen atoms in total. The monoisotopic (exact) mass is 457 g/mol. The lowest BCUT2D eigenvalue weighted by molar-refractivity contribution is -0.138. The van der Waals surface area contributed by atoms with Crippen LogP contribution in [0.1, 0.15) is 37.3 Å². The van der Waals surface area contributed by atoms with Crippen LogP contribution in [-0.4, -0.2) is 40.0 Å². The summed E-state index contributed by atoms with van der Waals surface area (Å²) in [7, 11) is -2.41. The molecule has 1 aromatic carbocycles. The van der Waals surface area contributed by atoms with Gasteiger partial charge in [-0.2, -0.15) is 0 Å². The number of hydrogen-bond acceptors (Lipinski definition) is 4. The van der Waals surface area contributed by atoms with Crippen molar-refractivity contribution >= 4 is 18.9 Å². The average Bonchev–Trinajstić information content (AvgIpc) is 3.06. The van der Waals surface area contributed by atoms with Crippen molar-refractivity contribution in [3.8, 4) is 22.8 Å². The molecule has 0 aliphatic rings. The van der Waals surface area contributed by atoms with Crippen LogP contribution in [0.5, 0.6) is 0 Å². The zero-order valence-corrected chi connectivity index (χ0v) is 19.0. The number of aromatic nitrogens is 1. The van der Waals surface area contributed by atoms with Gasteiger partial charge in [0.15, 0.2) is 0 Å². The fourth-order valence-electron chi connectivity index (χ4n) is 3.69. The molecule has 0 amide bonds. The van der Waals surface area contributed by atoms with Gasteiger partial charge in [-0.25, -0.2) is 4.39 Å². The standard InChI is InChI=1S/C24H25FNO5P/c1-16(2)23-20(11-13-32(30,31-3)15-19(27)14-22(28)29)24(17-7-9-18(25)10-8-17)26-12-5-4-6-21(23)26/h4-10,12,16,19,27H,14-15H2,1-3H3,(H,28,29)/t19-,32?/m0/s1. The molecule has 0 aliphatic heterocycles. The minimum atomic E-state index is -3.63. The molecule has 1 unspecified atom stereocenters. The van der Waals surface area contributed by atoms with Gasteiger partial charge in [0.1, 0.15) is 5.82 Å². The molecule has 2 heterocycles. The van der Waals surface area contributed by atoms with Gasteiger partial charge in [0.2, 0.25) is 0 Å². The predicted octanol–water partition coefficient (Wildman–Crippen LogP) is 4.94. The lowest BCUT2D eigenvalue weighted by atomic mass is 9.97. The van der Waals surface area contributed by atoms with Crippen molar-refractivity contribution in [2.75, 3.05) is 13.3 Å². The van der Waals surface area contributed by atoms with Crippen LogP contribution in [0.2, 0.25) is 0 Å². The molecule has 0 aliphatic carbocycles. The van der Waals surface area contributed by atoms with Gasteiger partial charge in [-0.1, -0.05) is 25.8 Å². The average molecular weight is 457 g/mol. The molecule has 0 spiro atoms. The number of aliphatic hydroxyl groups excluding tert-OH is 1. The first-order valence-electron chi connectivity index (χ1n) is 10.1. The number of aliphatic hydroxyl groups is 1. The molecule has 0 radical (unpaired) electrons. The van der Waals surface area contributed by atoms with Gasteiger partial charge in [0.25, 0.3) is 7.37 Å². The summed E-state index contributed by atoms with van der Waals surface area (Å²) in [4.78, 5) is 10.9. The third-order valence-electron chi connectivity index (χ3n) is 5.09. The first-order chi connectivity index (χ1) is 15.1. The van der Waals surface area contributed by atoms with Crippen LogP contribution in [0.4, 0.5) is 4.39 Å². The van der Waals surface area contributed by atoms with Crippen molar-refractivity contribution in [1.29, 1.82) is 0 Å². The number of aliphatic carboxylic acids is 1. The number of carboxylic acids is 1. The Kier molecular flexibility index (Phi) is 7.20. The summed E-state index contributed by atoms with van der Waals surface area (Å²) in [5, 5.41) is 18.8. The molecule has 168 valence electrons. The summed E-state index contributed by atoms with van der Waals surface area (Å²) >= 11 is 0. The highest BCUT2D eigenvalue weighted by atomic mass is 31.2. The van der Waals surface area contributed by atoms with E-state index < -0.39 is 25.9 Å². The van der Waals surface area contributed by atoms with Gasteiger partial charge in [-0.3, -0.25) is 9.36 Å². The minimum absolute atomic E-state index is 0.0745. The molecule has 2 N–H and O–H groups in total. The second-order valence-electron chi connectivity index (χ2n) is 7.78. The lowest BCUT2D eigenvalue weighted by Gasteiger charge is -2.13. The Balaban J connectivity index is 2.21. The van der Waals surface area contributed by atoms with E-state index in [0.717, 1.165) is 22.3 Å². The molecule has 32 heavy (non-hydrogen) atoms. The minimum Gasteiger partial charge on any atom is -0.481 e. The number of carboxylic acid groups (broad SMARTS) is 1. The molecule has 3 aromatic rings. The maximum absolute atomic E-state index is 13.6. The number of benzene rings is 1. The van der Waals surface area contributed by atoms with Crippen molar-refractivity contribution in [3.63, 3.8) is 0 Å². The van der Waals surface area contributed by atoms with Gasteiger partial charge in [-0.15, -0.1) is 0 Å². The Hall–Kier alpha value is -2.91. The number of nitrogens with zero attached hydrogens (tertiary/aromatic N) is 1. The summed E-state index contributed by atoms with van der Waals surface area (Å²) in [6.45, 7) is 4.04. The van der Waals surface area contributed by atoms with Crippen molar-refractivity contribution in [1.82, 2.24) is 4.40 Å². The maximum Gasteiger partial charge on any atom is 0.305 e. The quantitative estimate of drug-likeness (QED) is 0.388. The largest absolute Gasteiger partial charge is 0.481 e. The van der Waals surface area contributed by atoms with Gasteiger partial charge in [0, 0.05) is 13.3 Å². The van der Waals surface area contributed by atoms with E-state index in [1.165, 1.54) is 19.2 Å². The highest BCUT2D eigenvalue weighted by Gasteiger charge is 2.26. The lowest BCUT2D eigenvalue weighted by Crippen LogP contribution is -2.17. The van der Waals surface area contributed by atoms with Gasteiger partial charge >= 0.3 is 5.97 Å². The van der Waals surface area contributed by atoms with E-state index >= 15 is 0 Å². The summed E-state index contributed by atoms with van der Waals surface area (Å²) in [6, 6.07) is 11.8. The number of rotatable bonds is 7. The maximum atomic E-state index is 13.6. The number of carbonyl (C=O) groups is 1. The van der Waals surface area contributed by atoms with E-state index in [-0.39, 0.29) is 17.9 Å². The molecule has 0 saturated heterocycles. The topological polar surface area (TPSA) is 88.2 Å². The Bertz CT molecular complexity index is 1240. The van der Waals surface area contributed by atoms with Crippen LogP contribution in [0.3, 0.4) is 0 Å². The SMILES string of the molecule is COP(=O)(C#Cc1c(C(C)C)c2ccccn2c1-c1ccc(F)cc1)C[C@@H](O)CC(=O)O. The fraction of sp³-hybridized carbons (Fsp3) is 0.292. The van der Waals surface area contributed by atoms with Crippen molar-refractivity contribution in [2.45, 2.75) is 32.3 Å². The fourth-order valence-corrected chi connectivity index (χ4v) is 4.98. The van der Waals surface area contributed by atoms with E-state index in [4.69, 9.17) is 9.63 Å². The van der Waals surface area contributed by atoms with Crippen LogP contribution in [-0.2, 0) is 13.9 Å². The van der Waals surface area contributed by atoms with Crippen LogP contribution < -0.4 is 0 Å². The molecule has 8 heteroatoms. The Morgan fingerprint density at radius 3 is 2.50 bits per heavy atom. The van der Waals surface area contributed by atoms with E-state index in [2.05, 4.69) is 11.6 Å². The molecule has 0 fully saturated rings. The highest BCUT2D eigenvalue weighted by Crippen LogP contribution is 2.46. The molecule has 0 saturated carbocycles. The number of halogens is 1. The molecule has 3 rings (SSSR count). The first-order valence-corrected chi connectivity index (χ1v) is 11.9. The van der Waals surface area contributed by atoms with Crippen LogP contribution in [0.25, 0.3) is 16.8 Å². The summed E-state index contributed by atoms with van der Waals surface area (Å²) in [5.41, 5.74) is 6.64. The first kappa shape index (κ1) is 23.7. The van der Waals surface area contributed by atoms with Crippen LogP contribution in [0.15, 0.2) is 48.7 Å². The summed E-state index contributed by atoms with van der Waals surface area (Å²) < 4.78 is 33.8. The molecular formula is C24H25FNO5P. The van der Waals surface area contributed by atoms with E-state index in [9.17, 15) is 18.9 Å². The Labute approximate surface area is 186 Å². The molecule has 2 aromatic heterocycles. The molecular weight excluding hydrogens is 432 g/mol. The van der Waals surface area contributed by atoms with Crippen molar-refractivity contribution < 1.29 is 28.5 Å². The molecule has 0 bridgehead atoms. The summed E-state index contributed by atoms with van der Waals surface area (Å²) in [5.74, 6) is 1.52. The number of hydrogen-bond donors (Lipinski definition) is 2. The third-order valence-corrected chi connectivity index (χ3v) is 7.03. The number of pyridine rings is 1. The van der Waals surface area contributed by atoms with Gasteiger partial charge < -0.3 is 19.1 Å². The zero-order valence-electron chi connectivity index (χ0n) is 18.1.